The lowest BCUT2D eigenvalue weighted by atomic mass is 10.2. The van der Waals surface area contributed by atoms with Gasteiger partial charge in [0.2, 0.25) is 5.91 Å². The van der Waals surface area contributed by atoms with Crippen LogP contribution in [-0.2, 0) is 4.79 Å². The minimum atomic E-state index is 0.157. The van der Waals surface area contributed by atoms with Crippen LogP contribution < -0.4 is 10.2 Å². The Hall–Kier alpha value is -1.35. The summed E-state index contributed by atoms with van der Waals surface area (Å²) >= 11 is 0. The number of nitrogens with one attached hydrogen (secondary N) is 1. The summed E-state index contributed by atoms with van der Waals surface area (Å²) in [4.78, 5) is 13.9. The third-order valence-electron chi connectivity index (χ3n) is 3.05. The van der Waals surface area contributed by atoms with Crippen molar-refractivity contribution in [1.82, 2.24) is 5.32 Å². The molecule has 0 bridgehead atoms. The number of likely N-dealkylation sites (N-methyl/N-ethyl adjacent to an activating group) is 1. The first-order valence-corrected chi connectivity index (χ1v) is 6.31. The van der Waals surface area contributed by atoms with Crippen LogP contribution in [0, 0.1) is 6.92 Å². The third kappa shape index (κ3) is 3.30. The second kappa shape index (κ2) is 5.32. The molecule has 0 unspecified atom stereocenters. The average Bonchev–Trinajstić information content (AvgIpc) is 3.11. The predicted octanol–water partition coefficient (Wildman–Crippen LogP) is 2.10. The molecule has 1 amide bonds. The number of nitrogens with zero attached hydrogens (tertiary/aromatic N) is 1. The van der Waals surface area contributed by atoms with Crippen LogP contribution in [0.2, 0.25) is 0 Å². The Labute approximate surface area is 103 Å². The highest BCUT2D eigenvalue weighted by Crippen LogP contribution is 2.19. The van der Waals surface area contributed by atoms with E-state index in [4.69, 9.17) is 0 Å². The first-order valence-electron chi connectivity index (χ1n) is 6.31. The van der Waals surface area contributed by atoms with Crippen molar-refractivity contribution in [3.63, 3.8) is 0 Å². The second-order valence-electron chi connectivity index (χ2n) is 4.63. The van der Waals surface area contributed by atoms with Gasteiger partial charge in [0, 0.05) is 18.3 Å². The number of hydrogen-bond acceptors (Lipinski definition) is 2. The lowest BCUT2D eigenvalue weighted by molar-refractivity contribution is -0.117. The Balaban J connectivity index is 2.00. The van der Waals surface area contributed by atoms with Crippen LogP contribution >= 0.6 is 0 Å². The summed E-state index contributed by atoms with van der Waals surface area (Å²) in [5.41, 5.74) is 2.18. The van der Waals surface area contributed by atoms with Gasteiger partial charge in [0.15, 0.2) is 0 Å². The standard InChI is InChI=1S/C14H20N2O/c1-3-16(13-6-4-5-11(2)9-13)14(17)10-15-12-7-8-12/h4-6,9,12,15H,3,7-8,10H2,1-2H3. The Morgan fingerprint density at radius 1 is 1.47 bits per heavy atom. The highest BCUT2D eigenvalue weighted by Gasteiger charge is 2.22. The first-order chi connectivity index (χ1) is 8.20. The Bertz CT molecular complexity index is 399. The summed E-state index contributed by atoms with van der Waals surface area (Å²) in [6, 6.07) is 8.67. The minimum absolute atomic E-state index is 0.157. The molecule has 3 heteroatoms. The summed E-state index contributed by atoms with van der Waals surface area (Å²) in [7, 11) is 0. The van der Waals surface area contributed by atoms with Gasteiger partial charge in [0.05, 0.1) is 6.54 Å². The summed E-state index contributed by atoms with van der Waals surface area (Å²) in [5, 5.41) is 3.26. The zero-order chi connectivity index (χ0) is 12.3. The molecule has 0 spiro atoms. The number of carbonyl (C=O) groups is 1. The van der Waals surface area contributed by atoms with Crippen LogP contribution in [-0.4, -0.2) is 25.0 Å². The Morgan fingerprint density at radius 2 is 2.24 bits per heavy atom. The van der Waals surface area contributed by atoms with E-state index in [1.54, 1.807) is 0 Å². The van der Waals surface area contributed by atoms with Gasteiger partial charge in [-0.05, 0) is 44.4 Å². The molecule has 1 aliphatic carbocycles. The zero-order valence-electron chi connectivity index (χ0n) is 10.6. The second-order valence-corrected chi connectivity index (χ2v) is 4.63. The van der Waals surface area contributed by atoms with Crippen LogP contribution in [0.4, 0.5) is 5.69 Å². The summed E-state index contributed by atoms with van der Waals surface area (Å²) in [6.45, 7) is 5.22. The smallest absolute Gasteiger partial charge is 0.240 e. The van der Waals surface area contributed by atoms with Crippen molar-refractivity contribution in [3.8, 4) is 0 Å². The molecule has 1 fully saturated rings. The molecular formula is C14H20N2O. The molecule has 1 aromatic rings. The normalized spacial score (nSPS) is 14.7. The summed E-state index contributed by atoms with van der Waals surface area (Å²) < 4.78 is 0. The molecule has 1 N–H and O–H groups in total. The topological polar surface area (TPSA) is 32.3 Å². The van der Waals surface area contributed by atoms with E-state index < -0.39 is 0 Å². The van der Waals surface area contributed by atoms with Gasteiger partial charge in [0.1, 0.15) is 0 Å². The van der Waals surface area contributed by atoms with Gasteiger partial charge in [-0.15, -0.1) is 0 Å². The van der Waals surface area contributed by atoms with Gasteiger partial charge in [0.25, 0.3) is 0 Å². The van der Waals surface area contributed by atoms with Gasteiger partial charge in [-0.3, -0.25) is 4.79 Å². The van der Waals surface area contributed by atoms with E-state index in [-0.39, 0.29) is 5.91 Å². The number of hydrogen-bond donors (Lipinski definition) is 1. The Kier molecular flexibility index (Phi) is 3.79. The maximum atomic E-state index is 12.1. The first kappa shape index (κ1) is 12.1. The van der Waals surface area contributed by atoms with Crippen molar-refractivity contribution in [3.05, 3.63) is 29.8 Å². The maximum Gasteiger partial charge on any atom is 0.240 e. The van der Waals surface area contributed by atoms with E-state index in [1.807, 2.05) is 36.9 Å². The van der Waals surface area contributed by atoms with E-state index >= 15 is 0 Å². The monoisotopic (exact) mass is 232 g/mol. The highest BCUT2D eigenvalue weighted by molar-refractivity contribution is 5.94. The molecule has 0 radical (unpaired) electrons. The lowest BCUT2D eigenvalue weighted by Gasteiger charge is -2.21. The summed E-state index contributed by atoms with van der Waals surface area (Å²) in [5.74, 6) is 0.157. The maximum absolute atomic E-state index is 12.1. The van der Waals surface area contributed by atoms with Crippen molar-refractivity contribution >= 4 is 11.6 Å². The fourth-order valence-corrected chi connectivity index (χ4v) is 1.91. The molecule has 2 rings (SSSR count). The van der Waals surface area contributed by atoms with E-state index in [2.05, 4.69) is 11.4 Å². The average molecular weight is 232 g/mol. The number of anilines is 1. The van der Waals surface area contributed by atoms with E-state index in [0.717, 1.165) is 5.69 Å². The molecule has 1 aromatic carbocycles. The molecule has 3 nitrogen and oxygen atoms in total. The van der Waals surface area contributed by atoms with Gasteiger partial charge in [-0.2, -0.15) is 0 Å². The largest absolute Gasteiger partial charge is 0.312 e. The van der Waals surface area contributed by atoms with Crippen LogP contribution in [0.5, 0.6) is 0 Å². The fraction of sp³-hybridized carbons (Fsp3) is 0.500. The van der Waals surface area contributed by atoms with Crippen molar-refractivity contribution in [2.24, 2.45) is 0 Å². The number of amides is 1. The molecule has 92 valence electrons. The quantitative estimate of drug-likeness (QED) is 0.843. The molecular weight excluding hydrogens is 212 g/mol. The van der Waals surface area contributed by atoms with E-state index in [0.29, 0.717) is 19.1 Å². The third-order valence-corrected chi connectivity index (χ3v) is 3.05. The van der Waals surface area contributed by atoms with Gasteiger partial charge in [-0.25, -0.2) is 0 Å². The molecule has 0 saturated heterocycles. The van der Waals surface area contributed by atoms with Crippen molar-refractivity contribution < 1.29 is 4.79 Å². The number of aryl methyl sites for hydroxylation is 1. The molecule has 0 atom stereocenters. The zero-order valence-corrected chi connectivity index (χ0v) is 10.6. The Morgan fingerprint density at radius 3 is 2.82 bits per heavy atom. The van der Waals surface area contributed by atoms with Crippen molar-refractivity contribution in [2.45, 2.75) is 32.7 Å². The minimum Gasteiger partial charge on any atom is -0.312 e. The molecule has 1 aliphatic rings. The summed E-state index contributed by atoms with van der Waals surface area (Å²) in [6.07, 6.45) is 2.42. The van der Waals surface area contributed by atoms with E-state index in [1.165, 1.54) is 18.4 Å². The number of carbonyl (C=O) groups excluding carboxylic acids is 1. The number of benzene rings is 1. The number of rotatable bonds is 5. The van der Waals surface area contributed by atoms with Gasteiger partial charge >= 0.3 is 0 Å². The lowest BCUT2D eigenvalue weighted by Crippen LogP contribution is -2.38. The molecule has 0 aromatic heterocycles. The van der Waals surface area contributed by atoms with Gasteiger partial charge < -0.3 is 10.2 Å². The predicted molar refractivity (Wildman–Crippen MR) is 70.2 cm³/mol. The molecule has 0 aliphatic heterocycles. The highest BCUT2D eigenvalue weighted by atomic mass is 16.2. The molecule has 0 heterocycles. The van der Waals surface area contributed by atoms with Crippen LogP contribution in [0.15, 0.2) is 24.3 Å². The van der Waals surface area contributed by atoms with Crippen LogP contribution in [0.1, 0.15) is 25.3 Å². The van der Waals surface area contributed by atoms with Crippen molar-refractivity contribution in [1.29, 1.82) is 0 Å². The fourth-order valence-electron chi connectivity index (χ4n) is 1.91. The SMILES string of the molecule is CCN(C(=O)CNC1CC1)c1cccc(C)c1. The van der Waals surface area contributed by atoms with E-state index in [9.17, 15) is 4.79 Å². The molecule has 1 saturated carbocycles. The van der Waals surface area contributed by atoms with Crippen molar-refractivity contribution in [2.75, 3.05) is 18.0 Å². The van der Waals surface area contributed by atoms with Crippen LogP contribution in [0.25, 0.3) is 0 Å². The van der Waals surface area contributed by atoms with Gasteiger partial charge in [-0.1, -0.05) is 12.1 Å². The molecule has 17 heavy (non-hydrogen) atoms. The van der Waals surface area contributed by atoms with Crippen LogP contribution in [0.3, 0.4) is 0 Å².